The maximum Gasteiger partial charge on any atom is 0.407 e. The van der Waals surface area contributed by atoms with Crippen molar-refractivity contribution in [3.05, 3.63) is 27.5 Å². The Bertz CT molecular complexity index is 601. The number of hydrogen-bond donors (Lipinski definition) is 2. The zero-order chi connectivity index (χ0) is 14.0. The highest BCUT2D eigenvalue weighted by Crippen LogP contribution is 2.18. The topological polar surface area (TPSA) is 67.0 Å². The molecule has 1 heterocycles. The molecule has 0 spiro atoms. The van der Waals surface area contributed by atoms with E-state index in [1.165, 1.54) is 0 Å². The third-order valence-electron chi connectivity index (χ3n) is 2.42. The molecule has 0 bridgehead atoms. The van der Waals surface area contributed by atoms with Gasteiger partial charge in [0, 0.05) is 11.9 Å². The molecule has 0 atom stereocenters. The lowest BCUT2D eigenvalue weighted by Crippen LogP contribution is -2.32. The summed E-state index contributed by atoms with van der Waals surface area (Å²) in [4.78, 5) is 11.5. The van der Waals surface area contributed by atoms with Crippen molar-refractivity contribution in [2.45, 2.75) is 32.9 Å². The molecule has 0 unspecified atom stereocenters. The molecule has 1 aromatic heterocycles. The molecule has 2 rings (SSSR count). The highest BCUT2D eigenvalue weighted by atomic mass is 127. The first-order valence-electron chi connectivity index (χ1n) is 5.94. The number of benzene rings is 1. The summed E-state index contributed by atoms with van der Waals surface area (Å²) in [7, 11) is 0. The Morgan fingerprint density at radius 1 is 1.47 bits per heavy atom. The van der Waals surface area contributed by atoms with Crippen molar-refractivity contribution in [1.29, 1.82) is 0 Å². The van der Waals surface area contributed by atoms with Crippen LogP contribution in [0.15, 0.2) is 18.2 Å². The zero-order valence-corrected chi connectivity index (χ0v) is 13.2. The van der Waals surface area contributed by atoms with Crippen LogP contribution in [0.2, 0.25) is 0 Å². The Hall–Kier alpha value is -1.31. The molecule has 0 saturated heterocycles. The van der Waals surface area contributed by atoms with Gasteiger partial charge in [-0.2, -0.15) is 5.10 Å². The molecular formula is C13H16IN3O2. The van der Waals surface area contributed by atoms with Gasteiger partial charge in [0.1, 0.15) is 9.30 Å². The molecule has 19 heavy (non-hydrogen) atoms. The van der Waals surface area contributed by atoms with E-state index in [2.05, 4.69) is 38.1 Å². The quantitative estimate of drug-likeness (QED) is 0.795. The zero-order valence-electron chi connectivity index (χ0n) is 11.1. The highest BCUT2D eigenvalue weighted by Gasteiger charge is 2.15. The number of hydrogen-bond acceptors (Lipinski definition) is 3. The number of halogens is 1. The number of fused-ring (bicyclic) bond motifs is 1. The number of amides is 1. The van der Waals surface area contributed by atoms with E-state index in [9.17, 15) is 4.79 Å². The van der Waals surface area contributed by atoms with Gasteiger partial charge in [0.2, 0.25) is 0 Å². The van der Waals surface area contributed by atoms with Gasteiger partial charge in [-0.05, 0) is 61.1 Å². The number of alkyl carbamates (subject to hydrolysis) is 1. The van der Waals surface area contributed by atoms with Gasteiger partial charge in [-0.25, -0.2) is 4.79 Å². The van der Waals surface area contributed by atoms with E-state index in [1.54, 1.807) is 0 Å². The van der Waals surface area contributed by atoms with E-state index in [0.717, 1.165) is 20.2 Å². The SMILES string of the molecule is CC(C)(C)OC(=O)NCc1ccc2c(I)n[nH]c2c1. The van der Waals surface area contributed by atoms with Gasteiger partial charge in [0.15, 0.2) is 0 Å². The third kappa shape index (κ3) is 3.82. The van der Waals surface area contributed by atoms with Crippen LogP contribution in [-0.2, 0) is 11.3 Å². The summed E-state index contributed by atoms with van der Waals surface area (Å²) in [5.74, 6) is 0. The van der Waals surface area contributed by atoms with E-state index in [1.807, 2.05) is 39.0 Å². The van der Waals surface area contributed by atoms with Crippen molar-refractivity contribution in [3.8, 4) is 0 Å². The summed E-state index contributed by atoms with van der Waals surface area (Å²) in [5.41, 5.74) is 1.49. The average molecular weight is 373 g/mol. The predicted molar refractivity (Wildman–Crippen MR) is 81.9 cm³/mol. The first-order chi connectivity index (χ1) is 8.85. The van der Waals surface area contributed by atoms with Crippen molar-refractivity contribution in [2.75, 3.05) is 0 Å². The fraction of sp³-hybridized carbons (Fsp3) is 0.385. The van der Waals surface area contributed by atoms with Crippen molar-refractivity contribution >= 4 is 39.6 Å². The largest absolute Gasteiger partial charge is 0.444 e. The van der Waals surface area contributed by atoms with Crippen LogP contribution >= 0.6 is 22.6 Å². The van der Waals surface area contributed by atoms with Gasteiger partial charge < -0.3 is 10.1 Å². The summed E-state index contributed by atoms with van der Waals surface area (Å²) >= 11 is 2.18. The summed E-state index contributed by atoms with van der Waals surface area (Å²) in [6.45, 7) is 5.95. The highest BCUT2D eigenvalue weighted by molar-refractivity contribution is 14.1. The molecule has 0 fully saturated rings. The van der Waals surface area contributed by atoms with E-state index >= 15 is 0 Å². The van der Waals surface area contributed by atoms with E-state index in [-0.39, 0.29) is 0 Å². The van der Waals surface area contributed by atoms with Crippen molar-refractivity contribution in [2.24, 2.45) is 0 Å². The second kappa shape index (κ2) is 5.36. The number of H-pyrrole nitrogens is 1. The first kappa shape index (κ1) is 14.1. The second-order valence-corrected chi connectivity index (χ2v) is 6.27. The van der Waals surface area contributed by atoms with Gasteiger partial charge >= 0.3 is 6.09 Å². The minimum Gasteiger partial charge on any atom is -0.444 e. The number of ether oxygens (including phenoxy) is 1. The standard InChI is InChI=1S/C13H16IN3O2/c1-13(2,3)19-12(18)15-7-8-4-5-9-10(6-8)16-17-11(9)14/h4-6H,7H2,1-3H3,(H,15,18)(H,16,17). The fourth-order valence-electron chi connectivity index (χ4n) is 1.63. The van der Waals surface area contributed by atoms with Crippen LogP contribution in [0.5, 0.6) is 0 Å². The molecule has 0 radical (unpaired) electrons. The maximum atomic E-state index is 11.5. The van der Waals surface area contributed by atoms with Gasteiger partial charge in [0.05, 0.1) is 5.52 Å². The first-order valence-corrected chi connectivity index (χ1v) is 7.02. The monoisotopic (exact) mass is 373 g/mol. The molecule has 0 aliphatic heterocycles. The minimum atomic E-state index is -0.479. The van der Waals surface area contributed by atoms with Crippen LogP contribution in [0.25, 0.3) is 10.9 Å². The lowest BCUT2D eigenvalue weighted by molar-refractivity contribution is 0.0523. The van der Waals surface area contributed by atoms with E-state index in [4.69, 9.17) is 4.74 Å². The third-order valence-corrected chi connectivity index (χ3v) is 3.24. The van der Waals surface area contributed by atoms with Crippen molar-refractivity contribution in [1.82, 2.24) is 15.5 Å². The van der Waals surface area contributed by atoms with Crippen LogP contribution in [-0.4, -0.2) is 21.9 Å². The van der Waals surface area contributed by atoms with Gasteiger partial charge in [-0.1, -0.05) is 6.07 Å². The predicted octanol–water partition coefficient (Wildman–Crippen LogP) is 3.19. The smallest absolute Gasteiger partial charge is 0.407 e. The number of nitrogens with one attached hydrogen (secondary N) is 2. The normalized spacial score (nSPS) is 11.6. The fourth-order valence-corrected chi connectivity index (χ4v) is 2.22. The minimum absolute atomic E-state index is 0.410. The van der Waals surface area contributed by atoms with Crippen LogP contribution in [0.1, 0.15) is 26.3 Å². The van der Waals surface area contributed by atoms with E-state index in [0.29, 0.717) is 6.54 Å². The van der Waals surface area contributed by atoms with Crippen molar-refractivity contribution in [3.63, 3.8) is 0 Å². The number of carbonyl (C=O) groups excluding carboxylic acids is 1. The lowest BCUT2D eigenvalue weighted by atomic mass is 10.2. The Morgan fingerprint density at radius 2 is 2.21 bits per heavy atom. The number of nitrogens with zero attached hydrogens (tertiary/aromatic N) is 1. The molecular weight excluding hydrogens is 357 g/mol. The van der Waals surface area contributed by atoms with Gasteiger partial charge in [-0.15, -0.1) is 0 Å². The number of rotatable bonds is 2. The summed E-state index contributed by atoms with van der Waals surface area (Å²) < 4.78 is 6.12. The van der Waals surface area contributed by atoms with Crippen LogP contribution < -0.4 is 5.32 Å². The van der Waals surface area contributed by atoms with E-state index < -0.39 is 11.7 Å². The van der Waals surface area contributed by atoms with Crippen LogP contribution in [0.3, 0.4) is 0 Å². The maximum absolute atomic E-state index is 11.5. The number of aromatic amines is 1. The molecule has 1 aromatic carbocycles. The van der Waals surface area contributed by atoms with Crippen molar-refractivity contribution < 1.29 is 9.53 Å². The van der Waals surface area contributed by atoms with Crippen LogP contribution in [0, 0.1) is 3.70 Å². The molecule has 5 nitrogen and oxygen atoms in total. The number of carbonyl (C=O) groups is 1. The summed E-state index contributed by atoms with van der Waals surface area (Å²) in [6.07, 6.45) is -0.410. The molecule has 2 aromatic rings. The Labute approximate surface area is 125 Å². The van der Waals surface area contributed by atoms with Gasteiger partial charge in [-0.3, -0.25) is 5.10 Å². The molecule has 6 heteroatoms. The molecule has 0 aliphatic carbocycles. The molecule has 102 valence electrons. The second-order valence-electron chi connectivity index (χ2n) is 5.25. The molecule has 2 N–H and O–H groups in total. The lowest BCUT2D eigenvalue weighted by Gasteiger charge is -2.19. The van der Waals surface area contributed by atoms with Gasteiger partial charge in [0.25, 0.3) is 0 Å². The Morgan fingerprint density at radius 3 is 2.89 bits per heavy atom. The van der Waals surface area contributed by atoms with Crippen LogP contribution in [0.4, 0.5) is 4.79 Å². The summed E-state index contributed by atoms with van der Waals surface area (Å²) in [6, 6.07) is 5.94. The Kier molecular flexibility index (Phi) is 3.98. The average Bonchev–Trinajstić information content (AvgIpc) is 2.66. The number of aromatic nitrogens is 2. The Balaban J connectivity index is 2.00. The molecule has 0 aliphatic rings. The molecule has 0 saturated carbocycles. The summed E-state index contributed by atoms with van der Waals surface area (Å²) in [5, 5.41) is 10.9. The molecule has 1 amide bonds.